The van der Waals surface area contributed by atoms with Crippen LogP contribution in [0.5, 0.6) is 5.75 Å². The van der Waals surface area contributed by atoms with Crippen molar-refractivity contribution < 1.29 is 28.9 Å². The van der Waals surface area contributed by atoms with E-state index in [9.17, 15) is 14.7 Å². The summed E-state index contributed by atoms with van der Waals surface area (Å²) in [6.07, 6.45) is 13.8. The fourth-order valence-electron chi connectivity index (χ4n) is 3.85. The van der Waals surface area contributed by atoms with Crippen LogP contribution in [0.1, 0.15) is 107 Å². The van der Waals surface area contributed by atoms with Crippen LogP contribution < -0.4 is 0 Å². The molecule has 0 aliphatic rings. The number of hydrogen-bond acceptors (Lipinski definition) is 6. The molecule has 216 valence electrons. The summed E-state index contributed by atoms with van der Waals surface area (Å²) in [5, 5.41) is 9.48. The molecule has 2 aromatic rings. The van der Waals surface area contributed by atoms with E-state index < -0.39 is 5.97 Å². The molecule has 2 rings (SSSR count). The van der Waals surface area contributed by atoms with Gasteiger partial charge in [0, 0.05) is 0 Å². The Morgan fingerprint density at radius 2 is 1.44 bits per heavy atom. The van der Waals surface area contributed by atoms with Crippen molar-refractivity contribution in [2.45, 2.75) is 97.5 Å². The molecule has 0 aromatic heterocycles. The number of carbonyl (C=O) groups excluding carboxylic acids is 2. The number of unbranched alkanes of at least 4 members (excludes halogenated alkanes) is 7. The van der Waals surface area contributed by atoms with E-state index >= 15 is 0 Å². The van der Waals surface area contributed by atoms with Gasteiger partial charge in [-0.15, -0.1) is 0 Å². The van der Waals surface area contributed by atoms with E-state index in [1.54, 1.807) is 24.3 Å². The van der Waals surface area contributed by atoms with Crippen molar-refractivity contribution in [3.63, 3.8) is 0 Å². The first-order valence-electron chi connectivity index (χ1n) is 14.4. The predicted octanol–water partition coefficient (Wildman–Crippen LogP) is 8.49. The van der Waals surface area contributed by atoms with Crippen LogP contribution in [0.15, 0.2) is 60.4 Å². The van der Waals surface area contributed by atoms with Gasteiger partial charge < -0.3 is 19.3 Å². The third-order valence-corrected chi connectivity index (χ3v) is 6.23. The molecule has 1 atom stereocenters. The Labute approximate surface area is 235 Å². The highest BCUT2D eigenvalue weighted by Gasteiger charge is 2.17. The SMILES string of the molecule is CCCCCC(CC)OC(=O)C(=Cc1ccccc1)OC.CCCCCCCCOC(=O)c1ccccc1O. The molecule has 0 radical (unpaired) electrons. The molecule has 39 heavy (non-hydrogen) atoms. The molecule has 0 fully saturated rings. The molecule has 0 heterocycles. The maximum atomic E-state index is 12.2. The molecular formula is C33H48O6. The van der Waals surface area contributed by atoms with E-state index in [1.807, 2.05) is 37.3 Å². The second kappa shape index (κ2) is 21.6. The highest BCUT2D eigenvalue weighted by atomic mass is 16.6. The molecule has 0 bridgehead atoms. The Kier molecular flexibility index (Phi) is 18.7. The molecule has 1 N–H and O–H groups in total. The van der Waals surface area contributed by atoms with Gasteiger partial charge in [-0.1, -0.05) is 108 Å². The predicted molar refractivity (Wildman–Crippen MR) is 158 cm³/mol. The smallest absolute Gasteiger partial charge is 0.373 e. The fourth-order valence-corrected chi connectivity index (χ4v) is 3.85. The molecule has 2 aromatic carbocycles. The van der Waals surface area contributed by atoms with Crippen molar-refractivity contribution >= 4 is 18.0 Å². The first-order valence-corrected chi connectivity index (χ1v) is 14.4. The minimum absolute atomic E-state index is 0.0227. The Morgan fingerprint density at radius 1 is 0.821 bits per heavy atom. The van der Waals surface area contributed by atoms with Crippen LogP contribution >= 0.6 is 0 Å². The number of para-hydroxylation sites is 1. The van der Waals surface area contributed by atoms with Crippen molar-refractivity contribution in [1.82, 2.24) is 0 Å². The van der Waals surface area contributed by atoms with Crippen molar-refractivity contribution in [1.29, 1.82) is 0 Å². The summed E-state index contributed by atoms with van der Waals surface area (Å²) in [6.45, 7) is 6.82. The number of ether oxygens (including phenoxy) is 3. The molecular weight excluding hydrogens is 492 g/mol. The number of esters is 2. The maximum Gasteiger partial charge on any atom is 0.373 e. The number of carbonyl (C=O) groups is 2. The standard InChI is InChI=1S/C18H26O3.C15H22O3/c1-4-6-8-13-16(5-2)21-18(19)17(20-3)14-15-11-9-7-10-12-15;1-2-3-4-5-6-9-12-18-15(17)13-10-7-8-11-14(13)16/h7,9-12,14,16H,4-6,8,13H2,1-3H3;7-8,10-11,16H,2-6,9,12H2,1H3. The highest BCUT2D eigenvalue weighted by Crippen LogP contribution is 2.17. The molecule has 0 aliphatic carbocycles. The largest absolute Gasteiger partial charge is 0.507 e. The van der Waals surface area contributed by atoms with Gasteiger partial charge in [0.25, 0.3) is 0 Å². The fraction of sp³-hybridized carbons (Fsp3) is 0.515. The molecule has 0 spiro atoms. The van der Waals surface area contributed by atoms with Gasteiger partial charge in [-0.2, -0.15) is 0 Å². The molecule has 6 heteroatoms. The zero-order chi connectivity index (χ0) is 28.7. The lowest BCUT2D eigenvalue weighted by Gasteiger charge is -2.16. The average Bonchev–Trinajstić information content (AvgIpc) is 2.96. The van der Waals surface area contributed by atoms with Crippen LogP contribution in [0.2, 0.25) is 0 Å². The number of hydrogen-bond donors (Lipinski definition) is 1. The minimum Gasteiger partial charge on any atom is -0.507 e. The van der Waals surface area contributed by atoms with E-state index in [0.717, 1.165) is 37.7 Å². The highest BCUT2D eigenvalue weighted by molar-refractivity contribution is 5.92. The number of methoxy groups -OCH3 is 1. The Morgan fingerprint density at radius 3 is 2.08 bits per heavy atom. The van der Waals surface area contributed by atoms with Gasteiger partial charge in [0.2, 0.25) is 5.76 Å². The summed E-state index contributed by atoms with van der Waals surface area (Å²) >= 11 is 0. The molecule has 0 saturated carbocycles. The van der Waals surface area contributed by atoms with Crippen LogP contribution in [0.3, 0.4) is 0 Å². The van der Waals surface area contributed by atoms with E-state index in [2.05, 4.69) is 13.8 Å². The number of phenolic OH excluding ortho intramolecular Hbond substituents is 1. The summed E-state index contributed by atoms with van der Waals surface area (Å²) in [5.41, 5.74) is 1.16. The number of benzene rings is 2. The zero-order valence-corrected chi connectivity index (χ0v) is 24.3. The Balaban J connectivity index is 0.000000395. The number of rotatable bonds is 17. The lowest BCUT2D eigenvalue weighted by atomic mass is 10.1. The Bertz CT molecular complexity index is 954. The second-order valence-corrected chi connectivity index (χ2v) is 9.48. The summed E-state index contributed by atoms with van der Waals surface area (Å²) in [7, 11) is 1.49. The van der Waals surface area contributed by atoms with Crippen molar-refractivity contribution in [2.24, 2.45) is 0 Å². The van der Waals surface area contributed by atoms with E-state index in [-0.39, 0.29) is 29.1 Å². The van der Waals surface area contributed by atoms with Crippen molar-refractivity contribution in [3.8, 4) is 5.75 Å². The maximum absolute atomic E-state index is 12.2. The molecule has 6 nitrogen and oxygen atoms in total. The van der Waals surface area contributed by atoms with Crippen molar-refractivity contribution in [2.75, 3.05) is 13.7 Å². The second-order valence-electron chi connectivity index (χ2n) is 9.48. The first kappa shape index (κ1) is 33.7. The van der Waals surface area contributed by atoms with Gasteiger partial charge in [0.15, 0.2) is 0 Å². The zero-order valence-electron chi connectivity index (χ0n) is 24.3. The summed E-state index contributed by atoms with van der Waals surface area (Å²) < 4.78 is 15.8. The van der Waals surface area contributed by atoms with E-state index in [4.69, 9.17) is 14.2 Å². The van der Waals surface area contributed by atoms with Gasteiger partial charge in [-0.3, -0.25) is 0 Å². The third-order valence-electron chi connectivity index (χ3n) is 6.23. The molecule has 0 amide bonds. The van der Waals surface area contributed by atoms with Gasteiger partial charge in [0.05, 0.1) is 13.7 Å². The Hall–Kier alpha value is -3.28. The topological polar surface area (TPSA) is 82.1 Å². The van der Waals surface area contributed by atoms with E-state index in [1.165, 1.54) is 51.7 Å². The quantitative estimate of drug-likeness (QED) is 0.0937. The number of aromatic hydroxyl groups is 1. The normalized spacial score (nSPS) is 11.6. The molecule has 0 aliphatic heterocycles. The van der Waals surface area contributed by atoms with Crippen LogP contribution in [0.4, 0.5) is 0 Å². The first-order chi connectivity index (χ1) is 19.0. The summed E-state index contributed by atoms with van der Waals surface area (Å²) in [6, 6.07) is 16.1. The van der Waals surface area contributed by atoms with Crippen LogP contribution in [0.25, 0.3) is 6.08 Å². The molecule has 1 unspecified atom stereocenters. The van der Waals surface area contributed by atoms with Gasteiger partial charge in [-0.05, 0) is 49.5 Å². The lowest BCUT2D eigenvalue weighted by Crippen LogP contribution is -2.19. The van der Waals surface area contributed by atoms with Crippen LogP contribution in [0, 0.1) is 0 Å². The lowest BCUT2D eigenvalue weighted by molar-refractivity contribution is -0.148. The van der Waals surface area contributed by atoms with Crippen LogP contribution in [-0.4, -0.2) is 36.9 Å². The van der Waals surface area contributed by atoms with Gasteiger partial charge >= 0.3 is 11.9 Å². The van der Waals surface area contributed by atoms with Gasteiger partial charge in [0.1, 0.15) is 17.4 Å². The molecule has 0 saturated heterocycles. The average molecular weight is 541 g/mol. The van der Waals surface area contributed by atoms with Crippen molar-refractivity contribution in [3.05, 3.63) is 71.5 Å². The third kappa shape index (κ3) is 15.0. The minimum atomic E-state index is -0.443. The summed E-state index contributed by atoms with van der Waals surface area (Å²) in [4.78, 5) is 23.8. The number of phenols is 1. The monoisotopic (exact) mass is 540 g/mol. The van der Waals surface area contributed by atoms with E-state index in [0.29, 0.717) is 6.61 Å². The van der Waals surface area contributed by atoms with Gasteiger partial charge in [-0.25, -0.2) is 9.59 Å². The van der Waals surface area contributed by atoms with Crippen LogP contribution in [-0.2, 0) is 19.0 Å². The summed E-state index contributed by atoms with van der Waals surface area (Å²) in [5.74, 6) is -0.605.